The first kappa shape index (κ1) is 21.4. The van der Waals surface area contributed by atoms with Crippen LogP contribution in [-0.2, 0) is 14.3 Å². The SMILES string of the molecule is COc1ccc(C(O)=C2C(=O)C(=O)N(CCN3CCOCC3)[C@H]2c2ccco2)cc1Cl. The maximum atomic E-state index is 13.0. The number of hydrogen-bond donors (Lipinski definition) is 1. The third-order valence-corrected chi connectivity index (χ3v) is 5.83. The van der Waals surface area contributed by atoms with E-state index in [1.807, 2.05) is 0 Å². The summed E-state index contributed by atoms with van der Waals surface area (Å²) < 4.78 is 16.0. The van der Waals surface area contributed by atoms with Gasteiger partial charge in [-0.05, 0) is 30.3 Å². The van der Waals surface area contributed by atoms with E-state index in [9.17, 15) is 14.7 Å². The van der Waals surface area contributed by atoms with Crippen LogP contribution in [-0.4, -0.2) is 73.1 Å². The van der Waals surface area contributed by atoms with Gasteiger partial charge < -0.3 is 23.9 Å². The molecule has 0 saturated carbocycles. The molecule has 3 heterocycles. The predicted molar refractivity (Wildman–Crippen MR) is 113 cm³/mol. The van der Waals surface area contributed by atoms with Gasteiger partial charge in [0, 0.05) is 31.7 Å². The van der Waals surface area contributed by atoms with Crippen LogP contribution in [0, 0.1) is 0 Å². The lowest BCUT2D eigenvalue weighted by Crippen LogP contribution is -2.42. The number of rotatable bonds is 6. The minimum Gasteiger partial charge on any atom is -0.507 e. The summed E-state index contributed by atoms with van der Waals surface area (Å²) in [7, 11) is 1.48. The summed E-state index contributed by atoms with van der Waals surface area (Å²) in [6.07, 6.45) is 1.47. The molecule has 2 aromatic rings. The molecule has 1 N–H and O–H groups in total. The number of nitrogens with zero attached hydrogens (tertiary/aromatic N) is 2. The summed E-state index contributed by atoms with van der Waals surface area (Å²) in [5.41, 5.74) is 0.289. The van der Waals surface area contributed by atoms with Crippen LogP contribution in [0.5, 0.6) is 5.75 Å². The number of ether oxygens (including phenoxy) is 2. The van der Waals surface area contributed by atoms with Crippen molar-refractivity contribution in [3.8, 4) is 5.75 Å². The van der Waals surface area contributed by atoms with Crippen molar-refractivity contribution in [3.05, 3.63) is 58.5 Å². The number of Topliss-reactive ketones (excluding diaryl/α,β-unsaturated/α-hetero) is 1. The third-order valence-electron chi connectivity index (χ3n) is 5.54. The van der Waals surface area contributed by atoms with E-state index in [4.69, 9.17) is 25.5 Å². The fourth-order valence-electron chi connectivity index (χ4n) is 3.90. The molecule has 0 bridgehead atoms. The van der Waals surface area contributed by atoms with Gasteiger partial charge in [-0.3, -0.25) is 14.5 Å². The van der Waals surface area contributed by atoms with Crippen LogP contribution in [0.3, 0.4) is 0 Å². The largest absolute Gasteiger partial charge is 0.507 e. The Morgan fingerprint density at radius 3 is 2.65 bits per heavy atom. The molecule has 2 saturated heterocycles. The van der Waals surface area contributed by atoms with E-state index in [1.165, 1.54) is 24.3 Å². The molecular formula is C22H23ClN2O6. The molecule has 164 valence electrons. The van der Waals surface area contributed by atoms with Crippen molar-refractivity contribution in [3.63, 3.8) is 0 Å². The standard InChI is InChI=1S/C22H23ClN2O6/c1-29-16-5-4-14(13-15(16)23)20(26)18-19(17-3-2-10-31-17)25(22(28)21(18)27)7-6-24-8-11-30-12-9-24/h2-5,10,13,19,26H,6-9,11-12H2,1H3/t19-/m0/s1. The van der Waals surface area contributed by atoms with Crippen molar-refractivity contribution >= 4 is 29.1 Å². The zero-order valence-electron chi connectivity index (χ0n) is 17.0. The number of carbonyl (C=O) groups is 2. The van der Waals surface area contributed by atoms with Crippen LogP contribution in [0.25, 0.3) is 5.76 Å². The van der Waals surface area contributed by atoms with E-state index < -0.39 is 17.7 Å². The van der Waals surface area contributed by atoms with Crippen LogP contribution < -0.4 is 4.74 Å². The lowest BCUT2D eigenvalue weighted by Gasteiger charge is -2.30. The molecule has 0 aliphatic carbocycles. The van der Waals surface area contributed by atoms with Crippen LogP contribution in [0.1, 0.15) is 17.4 Å². The maximum Gasteiger partial charge on any atom is 0.295 e. The summed E-state index contributed by atoms with van der Waals surface area (Å²) >= 11 is 6.19. The lowest BCUT2D eigenvalue weighted by atomic mass is 9.99. The van der Waals surface area contributed by atoms with Gasteiger partial charge in [0.05, 0.1) is 37.2 Å². The van der Waals surface area contributed by atoms with Crippen molar-refractivity contribution in [2.45, 2.75) is 6.04 Å². The monoisotopic (exact) mass is 446 g/mol. The van der Waals surface area contributed by atoms with E-state index in [1.54, 1.807) is 24.3 Å². The summed E-state index contributed by atoms with van der Waals surface area (Å²) in [6.45, 7) is 3.70. The molecule has 8 nitrogen and oxygen atoms in total. The van der Waals surface area contributed by atoms with Crippen molar-refractivity contribution in [1.29, 1.82) is 0 Å². The van der Waals surface area contributed by atoms with Gasteiger partial charge in [-0.25, -0.2) is 0 Å². The fourth-order valence-corrected chi connectivity index (χ4v) is 4.15. The highest BCUT2D eigenvalue weighted by molar-refractivity contribution is 6.46. The highest BCUT2D eigenvalue weighted by atomic mass is 35.5. The Morgan fingerprint density at radius 2 is 2.00 bits per heavy atom. The second-order valence-corrected chi connectivity index (χ2v) is 7.72. The smallest absolute Gasteiger partial charge is 0.295 e. The number of benzene rings is 1. The number of halogens is 1. The number of aliphatic hydroxyl groups is 1. The van der Waals surface area contributed by atoms with Gasteiger partial charge in [0.1, 0.15) is 23.3 Å². The molecule has 0 unspecified atom stereocenters. The quantitative estimate of drug-likeness (QED) is 0.414. The first-order chi connectivity index (χ1) is 15.0. The number of hydrogen-bond acceptors (Lipinski definition) is 7. The number of furan rings is 1. The second-order valence-electron chi connectivity index (χ2n) is 7.31. The Bertz CT molecular complexity index is 997. The molecular weight excluding hydrogens is 424 g/mol. The molecule has 1 amide bonds. The summed E-state index contributed by atoms with van der Waals surface area (Å²) in [5.74, 6) is -0.893. The molecule has 0 spiro atoms. The van der Waals surface area contributed by atoms with Crippen molar-refractivity contribution in [1.82, 2.24) is 9.80 Å². The van der Waals surface area contributed by atoms with Gasteiger partial charge in [0.15, 0.2) is 0 Å². The van der Waals surface area contributed by atoms with E-state index >= 15 is 0 Å². The van der Waals surface area contributed by atoms with Gasteiger partial charge in [0.2, 0.25) is 0 Å². The Balaban J connectivity index is 1.70. The van der Waals surface area contributed by atoms with E-state index in [0.29, 0.717) is 43.4 Å². The molecule has 2 aliphatic heterocycles. The number of morpholine rings is 1. The van der Waals surface area contributed by atoms with Crippen LogP contribution in [0.2, 0.25) is 5.02 Å². The number of ketones is 1. The highest BCUT2D eigenvalue weighted by Gasteiger charge is 2.47. The molecule has 9 heteroatoms. The van der Waals surface area contributed by atoms with Crippen molar-refractivity contribution in [2.75, 3.05) is 46.5 Å². The summed E-state index contributed by atoms with van der Waals surface area (Å²) in [4.78, 5) is 29.5. The summed E-state index contributed by atoms with van der Waals surface area (Å²) in [5, 5.41) is 11.3. The van der Waals surface area contributed by atoms with Gasteiger partial charge in [-0.1, -0.05) is 11.6 Å². The molecule has 1 atom stereocenters. The Morgan fingerprint density at radius 1 is 1.23 bits per heavy atom. The summed E-state index contributed by atoms with van der Waals surface area (Å²) in [6, 6.07) is 7.22. The number of amides is 1. The lowest BCUT2D eigenvalue weighted by molar-refractivity contribution is -0.140. The molecule has 31 heavy (non-hydrogen) atoms. The van der Waals surface area contributed by atoms with Gasteiger partial charge in [0.25, 0.3) is 11.7 Å². The predicted octanol–water partition coefficient (Wildman–Crippen LogP) is 2.70. The molecule has 2 aliphatic rings. The van der Waals surface area contributed by atoms with E-state index in [0.717, 1.165) is 13.1 Å². The molecule has 0 radical (unpaired) electrons. The maximum absolute atomic E-state index is 13.0. The van der Waals surface area contributed by atoms with Gasteiger partial charge >= 0.3 is 0 Å². The molecule has 1 aromatic heterocycles. The average molecular weight is 447 g/mol. The molecule has 2 fully saturated rings. The van der Waals surface area contributed by atoms with Crippen LogP contribution in [0.4, 0.5) is 0 Å². The minimum absolute atomic E-state index is 0.0249. The Kier molecular flexibility index (Phi) is 6.31. The van der Waals surface area contributed by atoms with Crippen LogP contribution >= 0.6 is 11.6 Å². The van der Waals surface area contributed by atoms with Crippen molar-refractivity contribution < 1.29 is 28.6 Å². The first-order valence-corrected chi connectivity index (χ1v) is 10.3. The fraction of sp³-hybridized carbons (Fsp3) is 0.364. The zero-order chi connectivity index (χ0) is 22.0. The van der Waals surface area contributed by atoms with E-state index in [2.05, 4.69) is 4.90 Å². The normalized spacial score (nSPS) is 21.6. The first-order valence-electron chi connectivity index (χ1n) is 9.97. The van der Waals surface area contributed by atoms with Crippen LogP contribution in [0.15, 0.2) is 46.6 Å². The number of likely N-dealkylation sites (tertiary alicyclic amines) is 1. The van der Waals surface area contributed by atoms with Gasteiger partial charge in [-0.2, -0.15) is 0 Å². The second kappa shape index (κ2) is 9.13. The number of methoxy groups -OCH3 is 1. The van der Waals surface area contributed by atoms with Gasteiger partial charge in [-0.15, -0.1) is 0 Å². The minimum atomic E-state index is -0.822. The Labute approximate surface area is 184 Å². The average Bonchev–Trinajstić information content (AvgIpc) is 3.40. The van der Waals surface area contributed by atoms with E-state index in [-0.39, 0.29) is 16.4 Å². The number of carbonyl (C=O) groups excluding carboxylic acids is 2. The zero-order valence-corrected chi connectivity index (χ0v) is 17.8. The number of aliphatic hydroxyl groups excluding tert-OH is 1. The topological polar surface area (TPSA) is 92.5 Å². The highest BCUT2D eigenvalue weighted by Crippen LogP contribution is 2.40. The third kappa shape index (κ3) is 4.19. The molecule has 4 rings (SSSR count). The molecule has 1 aromatic carbocycles. The van der Waals surface area contributed by atoms with Crippen molar-refractivity contribution in [2.24, 2.45) is 0 Å². The Hall–Kier alpha value is -2.81.